The van der Waals surface area contributed by atoms with Crippen LogP contribution in [0.2, 0.25) is 0 Å². The van der Waals surface area contributed by atoms with Crippen molar-refractivity contribution in [1.82, 2.24) is 0 Å². The van der Waals surface area contributed by atoms with Crippen molar-refractivity contribution in [3.8, 4) is 0 Å². The molecule has 0 N–H and O–H groups in total. The van der Waals surface area contributed by atoms with E-state index in [0.29, 0.717) is 19.4 Å². The van der Waals surface area contributed by atoms with Crippen LogP contribution in [0.25, 0.3) is 0 Å². The van der Waals surface area contributed by atoms with Crippen molar-refractivity contribution in [1.29, 1.82) is 0 Å². The van der Waals surface area contributed by atoms with Crippen LogP contribution < -0.4 is 4.90 Å². The molecule has 3 rings (SSSR count). The lowest BCUT2D eigenvalue weighted by atomic mass is 9.82. The molecule has 0 heterocycles. The average Bonchev–Trinajstić information content (AvgIpc) is 2.61. The number of hydrogen-bond acceptors (Lipinski definition) is 3. The van der Waals surface area contributed by atoms with E-state index in [9.17, 15) is 9.18 Å². The van der Waals surface area contributed by atoms with Gasteiger partial charge < -0.3 is 4.90 Å². The van der Waals surface area contributed by atoms with Gasteiger partial charge in [0.25, 0.3) is 0 Å². The number of aliphatic imine (C=N–C) groups is 1. The molecule has 3 nitrogen and oxygen atoms in total. The number of carbonyl (C=O) groups is 1. The number of halogens is 1. The molecule has 1 saturated carbocycles. The Morgan fingerprint density at radius 1 is 1.04 bits per heavy atom. The first kappa shape index (κ1) is 17.3. The fourth-order valence-electron chi connectivity index (χ4n) is 3.20. The number of anilines is 1. The van der Waals surface area contributed by atoms with Gasteiger partial charge in [-0.25, -0.2) is 4.39 Å². The Hall–Kier alpha value is -2.49. The van der Waals surface area contributed by atoms with Crippen molar-refractivity contribution in [2.75, 3.05) is 19.0 Å². The number of benzene rings is 2. The summed E-state index contributed by atoms with van der Waals surface area (Å²) in [6, 6.07) is 14.7. The number of Topliss-reactive ketones (excluding diaryl/α,β-unsaturated/α-hetero) is 1. The van der Waals surface area contributed by atoms with Crippen molar-refractivity contribution in [3.05, 3.63) is 65.5 Å². The lowest BCUT2D eigenvalue weighted by molar-refractivity contribution is -0.118. The minimum absolute atomic E-state index is 0.199. The van der Waals surface area contributed by atoms with Crippen molar-refractivity contribution >= 4 is 17.2 Å². The summed E-state index contributed by atoms with van der Waals surface area (Å²) in [5.41, 5.74) is 4.24. The number of carbonyl (C=O) groups excluding carboxylic acids is 1. The summed E-state index contributed by atoms with van der Waals surface area (Å²) in [6.45, 7) is 0.495. The van der Waals surface area contributed by atoms with Crippen molar-refractivity contribution < 1.29 is 9.18 Å². The number of rotatable bonds is 4. The first-order valence-electron chi connectivity index (χ1n) is 8.57. The summed E-state index contributed by atoms with van der Waals surface area (Å²) in [5.74, 6) is 0.195. The predicted molar refractivity (Wildman–Crippen MR) is 99.9 cm³/mol. The second kappa shape index (κ2) is 7.60. The second-order valence-electron chi connectivity index (χ2n) is 6.82. The van der Waals surface area contributed by atoms with Crippen LogP contribution in [0, 0.1) is 5.82 Å². The lowest BCUT2D eigenvalue weighted by Crippen LogP contribution is -2.22. The summed E-state index contributed by atoms with van der Waals surface area (Å²) in [6.07, 6.45) is 1.83. The van der Waals surface area contributed by atoms with Crippen LogP contribution >= 0.6 is 0 Å². The Morgan fingerprint density at radius 3 is 2.36 bits per heavy atom. The minimum Gasteiger partial charge on any atom is -0.378 e. The SMILES string of the molecule is CN(C)c1ccc([C@H]2CC(=O)CC(=NCc3ccc(F)cc3)C2)cc1. The molecule has 2 aromatic carbocycles. The molecule has 1 atom stereocenters. The van der Waals surface area contributed by atoms with Crippen molar-refractivity contribution in [3.63, 3.8) is 0 Å². The second-order valence-corrected chi connectivity index (χ2v) is 6.82. The van der Waals surface area contributed by atoms with E-state index in [2.05, 4.69) is 34.2 Å². The zero-order chi connectivity index (χ0) is 17.8. The molecule has 0 spiro atoms. The Bertz CT molecular complexity index is 763. The van der Waals surface area contributed by atoms with E-state index in [4.69, 9.17) is 0 Å². The van der Waals surface area contributed by atoms with E-state index in [1.165, 1.54) is 17.7 Å². The molecule has 0 unspecified atom stereocenters. The molecule has 25 heavy (non-hydrogen) atoms. The molecule has 1 fully saturated rings. The third-order valence-electron chi connectivity index (χ3n) is 4.64. The van der Waals surface area contributed by atoms with Gasteiger partial charge in [-0.3, -0.25) is 9.79 Å². The zero-order valence-corrected chi connectivity index (χ0v) is 14.7. The van der Waals surface area contributed by atoms with Crippen molar-refractivity contribution in [2.24, 2.45) is 4.99 Å². The van der Waals surface area contributed by atoms with Crippen LogP contribution in [0.3, 0.4) is 0 Å². The van der Waals surface area contributed by atoms with Crippen LogP contribution in [-0.4, -0.2) is 25.6 Å². The predicted octanol–water partition coefficient (Wildman–Crippen LogP) is 4.37. The lowest BCUT2D eigenvalue weighted by Gasteiger charge is -2.24. The summed E-state index contributed by atoms with van der Waals surface area (Å²) in [4.78, 5) is 18.8. The van der Waals surface area contributed by atoms with Gasteiger partial charge in [-0.15, -0.1) is 0 Å². The fourth-order valence-corrected chi connectivity index (χ4v) is 3.20. The van der Waals surface area contributed by atoms with E-state index >= 15 is 0 Å². The Balaban J connectivity index is 1.71. The molecule has 0 amide bonds. The van der Waals surface area contributed by atoms with Crippen LogP contribution in [0.5, 0.6) is 0 Å². The monoisotopic (exact) mass is 338 g/mol. The Labute approximate surface area is 148 Å². The Morgan fingerprint density at radius 2 is 1.72 bits per heavy atom. The largest absolute Gasteiger partial charge is 0.378 e. The molecule has 0 bridgehead atoms. The topological polar surface area (TPSA) is 32.7 Å². The first-order chi connectivity index (χ1) is 12.0. The van der Waals surface area contributed by atoms with E-state index in [0.717, 1.165) is 23.4 Å². The highest BCUT2D eigenvalue weighted by Gasteiger charge is 2.25. The van der Waals surface area contributed by atoms with Crippen LogP contribution in [-0.2, 0) is 11.3 Å². The van der Waals surface area contributed by atoms with Crippen molar-refractivity contribution in [2.45, 2.75) is 31.7 Å². The average molecular weight is 338 g/mol. The molecule has 1 aliphatic carbocycles. The molecule has 0 saturated heterocycles. The minimum atomic E-state index is -0.245. The third-order valence-corrected chi connectivity index (χ3v) is 4.64. The van der Waals surface area contributed by atoms with Gasteiger partial charge >= 0.3 is 0 Å². The molecule has 4 heteroatoms. The van der Waals surface area contributed by atoms with E-state index in [1.54, 1.807) is 12.1 Å². The molecular weight excluding hydrogens is 315 g/mol. The smallest absolute Gasteiger partial charge is 0.139 e. The molecule has 0 aliphatic heterocycles. The van der Waals surface area contributed by atoms with Crippen LogP contribution in [0.15, 0.2) is 53.5 Å². The standard InChI is InChI=1S/C21H23FN2O/c1-24(2)20-9-5-16(6-10-20)17-11-19(13-21(25)12-17)23-14-15-3-7-18(22)8-4-15/h3-10,17H,11-14H2,1-2H3/t17-/m1/s1. The van der Waals surface area contributed by atoms with Gasteiger partial charge in [0.15, 0.2) is 0 Å². The normalized spacial score (nSPS) is 19.2. The molecule has 1 aliphatic rings. The zero-order valence-electron chi connectivity index (χ0n) is 14.7. The summed E-state index contributed by atoms with van der Waals surface area (Å²) in [7, 11) is 4.03. The maximum atomic E-state index is 13.0. The van der Waals surface area contributed by atoms with Gasteiger partial charge in [-0.1, -0.05) is 24.3 Å². The number of nitrogens with zero attached hydrogens (tertiary/aromatic N) is 2. The summed E-state index contributed by atoms with van der Waals surface area (Å²) < 4.78 is 13.0. The highest BCUT2D eigenvalue weighted by atomic mass is 19.1. The van der Waals surface area contributed by atoms with E-state index in [-0.39, 0.29) is 17.5 Å². The molecule has 0 radical (unpaired) electrons. The van der Waals surface area contributed by atoms with E-state index in [1.807, 2.05) is 14.1 Å². The van der Waals surface area contributed by atoms with Crippen LogP contribution in [0.4, 0.5) is 10.1 Å². The van der Waals surface area contributed by atoms with Gasteiger partial charge in [0, 0.05) is 38.3 Å². The summed E-state index contributed by atoms with van der Waals surface area (Å²) in [5, 5.41) is 0. The van der Waals surface area contributed by atoms with Gasteiger partial charge in [0.1, 0.15) is 11.6 Å². The van der Waals surface area contributed by atoms with Gasteiger partial charge in [-0.2, -0.15) is 0 Å². The van der Waals surface area contributed by atoms with Gasteiger partial charge in [0.2, 0.25) is 0 Å². The van der Waals surface area contributed by atoms with Gasteiger partial charge in [0.05, 0.1) is 6.54 Å². The van der Waals surface area contributed by atoms with E-state index < -0.39 is 0 Å². The number of hydrogen-bond donors (Lipinski definition) is 0. The highest BCUT2D eigenvalue weighted by Crippen LogP contribution is 2.31. The molecular formula is C21H23FN2O. The highest BCUT2D eigenvalue weighted by molar-refractivity contribution is 6.05. The Kier molecular flexibility index (Phi) is 5.27. The molecule has 0 aromatic heterocycles. The molecule has 130 valence electrons. The first-order valence-corrected chi connectivity index (χ1v) is 8.57. The third kappa shape index (κ3) is 4.53. The fraction of sp³-hybridized carbons (Fsp3) is 0.333. The quantitative estimate of drug-likeness (QED) is 0.829. The van der Waals surface area contributed by atoms with Gasteiger partial charge in [-0.05, 0) is 47.7 Å². The maximum absolute atomic E-state index is 13.0. The van der Waals surface area contributed by atoms with Crippen LogP contribution in [0.1, 0.15) is 36.3 Å². The molecule has 2 aromatic rings. The summed E-state index contributed by atoms with van der Waals surface area (Å²) >= 11 is 0. The number of ketones is 1. The maximum Gasteiger partial charge on any atom is 0.139 e.